The van der Waals surface area contributed by atoms with E-state index in [-0.39, 0.29) is 28.0 Å². The fraction of sp³-hybridized carbons (Fsp3) is 0.412. The first-order valence-corrected chi connectivity index (χ1v) is 16.7. The van der Waals surface area contributed by atoms with Gasteiger partial charge in [-0.25, -0.2) is 17.5 Å². The van der Waals surface area contributed by atoms with Crippen molar-refractivity contribution >= 4 is 21.9 Å². The topological polar surface area (TPSA) is 103 Å². The minimum absolute atomic E-state index is 0.118. The number of nitrogens with zero attached hydrogens (tertiary/aromatic N) is 6. The van der Waals surface area contributed by atoms with E-state index in [0.29, 0.717) is 31.4 Å². The van der Waals surface area contributed by atoms with Gasteiger partial charge in [0.15, 0.2) is 5.78 Å². The Morgan fingerprint density at radius 3 is 2.49 bits per heavy atom. The van der Waals surface area contributed by atoms with Crippen molar-refractivity contribution in [1.82, 2.24) is 28.9 Å². The van der Waals surface area contributed by atoms with Gasteiger partial charge in [0.2, 0.25) is 10.0 Å². The fourth-order valence-electron chi connectivity index (χ4n) is 6.90. The van der Waals surface area contributed by atoms with Gasteiger partial charge in [-0.2, -0.15) is 14.5 Å². The molecule has 1 aromatic carbocycles. The summed E-state index contributed by atoms with van der Waals surface area (Å²) in [5.41, 5.74) is 3.53. The Labute approximate surface area is 263 Å². The van der Waals surface area contributed by atoms with E-state index in [1.165, 1.54) is 29.2 Å². The second-order valence-electron chi connectivity index (χ2n) is 13.6. The molecule has 0 radical (unpaired) electrons. The summed E-state index contributed by atoms with van der Waals surface area (Å²) < 4.78 is 46.6. The number of hydrogen-bond donors (Lipinski definition) is 0. The minimum atomic E-state index is -3.90. The Bertz CT molecular complexity index is 1900. The molecule has 6 rings (SSSR count). The predicted octanol–water partition coefficient (Wildman–Crippen LogP) is 5.90. The normalized spacial score (nSPS) is 20.2. The van der Waals surface area contributed by atoms with Gasteiger partial charge in [0.25, 0.3) is 0 Å². The van der Waals surface area contributed by atoms with Crippen LogP contribution in [-0.2, 0) is 28.9 Å². The van der Waals surface area contributed by atoms with Crippen molar-refractivity contribution in [2.24, 2.45) is 12.5 Å². The maximum absolute atomic E-state index is 14.9. The number of pyridine rings is 1. The van der Waals surface area contributed by atoms with E-state index < -0.39 is 21.5 Å². The minimum Gasteiger partial charge on any atom is -0.291 e. The van der Waals surface area contributed by atoms with Crippen molar-refractivity contribution in [3.8, 4) is 5.69 Å². The summed E-state index contributed by atoms with van der Waals surface area (Å²) in [6.45, 7) is 10.0. The zero-order valence-electron chi connectivity index (χ0n) is 26.5. The highest BCUT2D eigenvalue weighted by Gasteiger charge is 2.52. The van der Waals surface area contributed by atoms with Crippen LogP contribution in [0, 0.1) is 11.2 Å². The third-order valence-electron chi connectivity index (χ3n) is 9.12. The Kier molecular flexibility index (Phi) is 7.68. The van der Waals surface area contributed by atoms with Crippen LogP contribution in [0.2, 0.25) is 0 Å². The Morgan fingerprint density at radius 1 is 1.11 bits per heavy atom. The third-order valence-corrected chi connectivity index (χ3v) is 11.2. The lowest BCUT2D eigenvalue weighted by Crippen LogP contribution is -2.52. The quantitative estimate of drug-likeness (QED) is 0.236. The smallest absolute Gasteiger partial charge is 0.246 e. The first-order chi connectivity index (χ1) is 21.2. The molecule has 1 saturated carbocycles. The Hall–Kier alpha value is -3.96. The number of aromatic nitrogens is 5. The van der Waals surface area contributed by atoms with Crippen molar-refractivity contribution in [2.45, 2.75) is 82.7 Å². The lowest BCUT2D eigenvalue weighted by Gasteiger charge is -2.47. The van der Waals surface area contributed by atoms with E-state index in [0.717, 1.165) is 28.1 Å². The Balaban J connectivity index is 1.47. The van der Waals surface area contributed by atoms with Gasteiger partial charge in [-0.15, -0.1) is 0 Å². The average molecular weight is 631 g/mol. The summed E-state index contributed by atoms with van der Waals surface area (Å²) in [5, 5.41) is 8.75. The molecule has 236 valence electrons. The van der Waals surface area contributed by atoms with Gasteiger partial charge in [-0.1, -0.05) is 26.3 Å². The van der Waals surface area contributed by atoms with Crippen LogP contribution in [0.25, 0.3) is 11.8 Å². The molecule has 11 heteroatoms. The van der Waals surface area contributed by atoms with Gasteiger partial charge >= 0.3 is 0 Å². The maximum Gasteiger partial charge on any atom is 0.246 e. The molecule has 2 atom stereocenters. The van der Waals surface area contributed by atoms with Crippen molar-refractivity contribution in [2.75, 3.05) is 0 Å². The summed E-state index contributed by atoms with van der Waals surface area (Å²) in [6, 6.07) is 9.18. The largest absolute Gasteiger partial charge is 0.291 e. The molecule has 3 heterocycles. The van der Waals surface area contributed by atoms with Crippen molar-refractivity contribution in [3.05, 3.63) is 95.1 Å². The second kappa shape index (κ2) is 11.1. The van der Waals surface area contributed by atoms with Crippen LogP contribution in [-0.4, -0.2) is 55.1 Å². The van der Waals surface area contributed by atoms with E-state index in [1.807, 2.05) is 32.1 Å². The molecular weight excluding hydrogens is 591 g/mol. The summed E-state index contributed by atoms with van der Waals surface area (Å²) in [5.74, 6) is -0.450. The molecule has 9 nitrogen and oxygen atoms in total. The summed E-state index contributed by atoms with van der Waals surface area (Å²) in [7, 11) is -2.21. The number of carbonyl (C=O) groups is 1. The van der Waals surface area contributed by atoms with Gasteiger partial charge in [0.05, 0.1) is 29.2 Å². The molecule has 0 bridgehead atoms. The number of allylic oxidation sites excluding steroid dienone is 1. The highest BCUT2D eigenvalue weighted by atomic mass is 32.2. The maximum atomic E-state index is 14.9. The van der Waals surface area contributed by atoms with Crippen LogP contribution in [0.15, 0.2) is 71.7 Å². The summed E-state index contributed by atoms with van der Waals surface area (Å²) >= 11 is 0. The molecule has 0 saturated heterocycles. The molecule has 0 N–H and O–H groups in total. The van der Waals surface area contributed by atoms with Gasteiger partial charge in [0.1, 0.15) is 16.4 Å². The molecule has 1 fully saturated rings. The Morgan fingerprint density at radius 2 is 1.84 bits per heavy atom. The first-order valence-electron chi connectivity index (χ1n) is 15.3. The van der Waals surface area contributed by atoms with Crippen LogP contribution in [0.5, 0.6) is 0 Å². The number of carbonyl (C=O) groups excluding carboxylic acids is 1. The number of hydrogen-bond acceptors (Lipinski definition) is 6. The average Bonchev–Trinajstić information content (AvgIpc) is 3.61. The third kappa shape index (κ3) is 5.46. The number of aryl methyl sites for hydroxylation is 1. The summed E-state index contributed by atoms with van der Waals surface area (Å²) in [4.78, 5) is 19.6. The van der Waals surface area contributed by atoms with E-state index >= 15 is 0 Å². The van der Waals surface area contributed by atoms with E-state index in [2.05, 4.69) is 36.0 Å². The lowest BCUT2D eigenvalue weighted by molar-refractivity contribution is 0.0722. The number of halogens is 1. The van der Waals surface area contributed by atoms with Gasteiger partial charge in [0, 0.05) is 31.5 Å². The molecule has 0 amide bonds. The van der Waals surface area contributed by atoms with Crippen molar-refractivity contribution in [1.29, 1.82) is 0 Å². The fourth-order valence-corrected chi connectivity index (χ4v) is 8.74. The molecule has 45 heavy (non-hydrogen) atoms. The highest BCUT2D eigenvalue weighted by molar-refractivity contribution is 7.89. The second-order valence-corrected chi connectivity index (χ2v) is 15.4. The zero-order chi connectivity index (χ0) is 32.3. The molecule has 0 aliphatic heterocycles. The predicted molar refractivity (Wildman–Crippen MR) is 170 cm³/mol. The monoisotopic (exact) mass is 630 g/mol. The number of Topliss-reactive ketones (excluding diaryl/α,β-unsaturated/α-hetero) is 1. The highest BCUT2D eigenvalue weighted by Crippen LogP contribution is 2.51. The molecule has 2 aliphatic carbocycles. The number of ketones is 1. The van der Waals surface area contributed by atoms with Crippen LogP contribution in [0.3, 0.4) is 0 Å². The van der Waals surface area contributed by atoms with E-state index in [9.17, 15) is 17.6 Å². The molecule has 0 spiro atoms. The van der Waals surface area contributed by atoms with Gasteiger partial charge in [-0.05, 0) is 98.5 Å². The van der Waals surface area contributed by atoms with Crippen LogP contribution < -0.4 is 0 Å². The lowest BCUT2D eigenvalue weighted by atomic mass is 9.60. The van der Waals surface area contributed by atoms with Crippen LogP contribution >= 0.6 is 0 Å². The number of rotatable bonds is 7. The summed E-state index contributed by atoms with van der Waals surface area (Å²) in [6.07, 6.45) is 10.1. The molecular formula is C34H39FN6O3S. The molecule has 3 aromatic heterocycles. The van der Waals surface area contributed by atoms with Crippen molar-refractivity contribution < 1.29 is 17.6 Å². The number of fused-ring (bicyclic) bond motifs is 2. The van der Waals surface area contributed by atoms with Gasteiger partial charge < -0.3 is 0 Å². The number of benzene rings is 1. The van der Waals surface area contributed by atoms with E-state index in [4.69, 9.17) is 0 Å². The first kappa shape index (κ1) is 31.0. The zero-order valence-corrected chi connectivity index (χ0v) is 27.3. The van der Waals surface area contributed by atoms with Crippen molar-refractivity contribution in [3.63, 3.8) is 0 Å². The SMILES string of the molecule is CC(C)N([C@H]1CCC2=Cc3c(cnn3-c3ccc(F)cc3)C[C@]2(C(=O)c2cc(C(C)(C)C)ccn2)C1)S(=O)(=O)c1cnn(C)c1. The standard InChI is InChI=1S/C34H39FN6O3S/c1-22(2)41(45(43,44)29-20-37-39(6)21-29)28-10-7-25-16-31-23(19-38-40(31)27-11-8-26(35)9-12-27)17-34(25,18-28)32(42)30-15-24(13-14-36-30)33(3,4)5/h8-9,11-16,19-22,28H,7,10,17-18H2,1-6H3/t28-,34-/m0/s1. The number of sulfonamides is 1. The molecule has 2 aliphatic rings. The molecule has 0 unspecified atom stereocenters. The van der Waals surface area contributed by atoms with Crippen LogP contribution in [0.4, 0.5) is 4.39 Å². The van der Waals surface area contributed by atoms with Gasteiger partial charge in [-0.3, -0.25) is 14.5 Å². The molecule has 4 aromatic rings. The van der Waals surface area contributed by atoms with E-state index in [1.54, 1.807) is 40.6 Å². The van der Waals surface area contributed by atoms with Crippen LogP contribution in [0.1, 0.15) is 81.2 Å².